The summed E-state index contributed by atoms with van der Waals surface area (Å²) in [5.41, 5.74) is -1.45. The molecule has 1 aromatic heterocycles. The molecule has 118 valence electrons. The Morgan fingerprint density at radius 3 is 2.71 bits per heavy atom. The number of ether oxygens (including phenoxy) is 1. The van der Waals surface area contributed by atoms with Gasteiger partial charge >= 0.3 is 5.69 Å². The number of alkyl halides is 2. The van der Waals surface area contributed by atoms with Gasteiger partial charge < -0.3 is 14.9 Å². The summed E-state index contributed by atoms with van der Waals surface area (Å²) in [4.78, 5) is 25.3. The summed E-state index contributed by atoms with van der Waals surface area (Å²) in [6.07, 6.45) is -4.84. The van der Waals surface area contributed by atoms with Crippen molar-refractivity contribution in [3.63, 3.8) is 0 Å². The van der Waals surface area contributed by atoms with E-state index in [-0.39, 0.29) is 18.4 Å². The molecule has 7 nitrogen and oxygen atoms in total. The third kappa shape index (κ3) is 3.04. The van der Waals surface area contributed by atoms with Gasteiger partial charge in [-0.2, -0.15) is 0 Å². The van der Waals surface area contributed by atoms with Crippen LogP contribution in [0.5, 0.6) is 0 Å². The molecule has 0 radical (unpaired) electrons. The molecule has 1 aliphatic rings. The predicted molar refractivity (Wildman–Crippen MR) is 67.5 cm³/mol. The van der Waals surface area contributed by atoms with E-state index in [9.17, 15) is 23.5 Å². The highest BCUT2D eigenvalue weighted by Crippen LogP contribution is 2.30. The van der Waals surface area contributed by atoms with E-state index >= 15 is 0 Å². The van der Waals surface area contributed by atoms with Crippen LogP contribution < -0.4 is 11.2 Å². The van der Waals surface area contributed by atoms with E-state index in [1.165, 1.54) is 0 Å². The van der Waals surface area contributed by atoms with Crippen molar-refractivity contribution in [1.82, 2.24) is 9.55 Å². The minimum Gasteiger partial charge on any atom is -0.394 e. The summed E-state index contributed by atoms with van der Waals surface area (Å²) in [6.45, 7) is -1.24. The van der Waals surface area contributed by atoms with Crippen LogP contribution in [0.2, 0.25) is 0 Å². The van der Waals surface area contributed by atoms with Gasteiger partial charge in [0.1, 0.15) is 12.2 Å². The fourth-order valence-corrected chi connectivity index (χ4v) is 2.23. The molecule has 0 saturated carbocycles. The van der Waals surface area contributed by atoms with Gasteiger partial charge in [0.15, 0.2) is 12.4 Å². The summed E-state index contributed by atoms with van der Waals surface area (Å²) >= 11 is 0. The zero-order valence-electron chi connectivity index (χ0n) is 11.0. The lowest BCUT2D eigenvalue weighted by molar-refractivity contribution is -0.0492. The summed E-state index contributed by atoms with van der Waals surface area (Å²) in [5.74, 6) is 0. The topological polar surface area (TPSA) is 105 Å². The summed E-state index contributed by atoms with van der Waals surface area (Å²) < 4.78 is 32.0. The number of aliphatic hydroxyl groups is 2. The number of H-pyrrole nitrogens is 1. The van der Waals surface area contributed by atoms with Crippen LogP contribution in [0.4, 0.5) is 8.78 Å². The molecule has 0 bridgehead atoms. The fraction of sp³-hybridized carbons (Fsp3) is 0.667. The monoisotopic (exact) mass is 306 g/mol. The Balaban J connectivity index is 2.35. The number of hydrogen-bond acceptors (Lipinski definition) is 5. The average Bonchev–Trinajstić information content (AvgIpc) is 2.74. The van der Waals surface area contributed by atoms with Crippen molar-refractivity contribution in [2.75, 3.05) is 13.3 Å². The maximum absolute atomic E-state index is 14.0. The highest BCUT2D eigenvalue weighted by molar-refractivity contribution is 5.06. The van der Waals surface area contributed by atoms with Crippen molar-refractivity contribution in [1.29, 1.82) is 0 Å². The van der Waals surface area contributed by atoms with Crippen molar-refractivity contribution in [3.8, 4) is 0 Å². The molecule has 2 heterocycles. The maximum atomic E-state index is 14.0. The molecule has 0 aromatic carbocycles. The number of halogens is 2. The molecule has 4 atom stereocenters. The van der Waals surface area contributed by atoms with E-state index in [0.29, 0.717) is 0 Å². The second-order valence-corrected chi connectivity index (χ2v) is 4.80. The van der Waals surface area contributed by atoms with Gasteiger partial charge in [0, 0.05) is 11.8 Å². The second kappa shape index (κ2) is 6.46. The van der Waals surface area contributed by atoms with Crippen molar-refractivity contribution >= 4 is 0 Å². The third-order valence-corrected chi connectivity index (χ3v) is 3.37. The first-order chi connectivity index (χ1) is 9.99. The fourth-order valence-electron chi connectivity index (χ4n) is 2.23. The van der Waals surface area contributed by atoms with E-state index in [0.717, 1.165) is 10.8 Å². The molecule has 3 N–H and O–H groups in total. The number of aliphatic hydroxyl groups excluding tert-OH is 2. The van der Waals surface area contributed by atoms with Crippen LogP contribution in [0.15, 0.2) is 15.8 Å². The Morgan fingerprint density at radius 2 is 2.14 bits per heavy atom. The SMILES string of the molecule is O=c1[nH]c(=O)n([C@@H]2O[C@H](CO)[C@@H](O)[C@@H]2F)cc1CCCF. The molecule has 1 aromatic rings. The predicted octanol–water partition coefficient (Wildman–Crippen LogP) is -0.973. The standard InChI is InChI=1S/C12H16F2N2O5/c13-3-1-2-6-4-16(12(20)15-10(6)19)11-8(14)9(18)7(5-17)21-11/h4,7-9,11,17-18H,1-3,5H2,(H,15,19,20)/t7-,8+,9-,11-/m1/s1. The van der Waals surface area contributed by atoms with Crippen LogP contribution >= 0.6 is 0 Å². The van der Waals surface area contributed by atoms with Crippen LogP contribution in [0, 0.1) is 0 Å². The van der Waals surface area contributed by atoms with Crippen molar-refractivity contribution in [3.05, 3.63) is 32.6 Å². The maximum Gasteiger partial charge on any atom is 0.330 e. The van der Waals surface area contributed by atoms with Crippen molar-refractivity contribution < 1.29 is 23.7 Å². The molecule has 2 rings (SSSR count). The first-order valence-electron chi connectivity index (χ1n) is 6.48. The molecular formula is C12H16F2N2O5. The summed E-state index contributed by atoms with van der Waals surface area (Å²) in [6, 6.07) is 0. The van der Waals surface area contributed by atoms with Gasteiger partial charge in [-0.1, -0.05) is 0 Å². The smallest absolute Gasteiger partial charge is 0.330 e. The van der Waals surface area contributed by atoms with Crippen LogP contribution in [0.3, 0.4) is 0 Å². The lowest BCUT2D eigenvalue weighted by atomic mass is 10.1. The minimum atomic E-state index is -1.93. The van der Waals surface area contributed by atoms with Gasteiger partial charge in [-0.25, -0.2) is 9.18 Å². The Kier molecular flexibility index (Phi) is 4.86. The molecule has 0 aliphatic carbocycles. The molecule has 1 aliphatic heterocycles. The number of aryl methyl sites for hydroxylation is 1. The molecule has 0 amide bonds. The van der Waals surface area contributed by atoms with Gasteiger partial charge in [-0.15, -0.1) is 0 Å². The van der Waals surface area contributed by atoms with Gasteiger partial charge in [0.05, 0.1) is 13.3 Å². The second-order valence-electron chi connectivity index (χ2n) is 4.80. The van der Waals surface area contributed by atoms with Crippen molar-refractivity contribution in [2.45, 2.75) is 37.4 Å². The summed E-state index contributed by atoms with van der Waals surface area (Å²) in [5, 5.41) is 18.5. The average molecular weight is 306 g/mol. The molecule has 0 unspecified atom stereocenters. The van der Waals surface area contributed by atoms with Crippen LogP contribution in [0.1, 0.15) is 18.2 Å². The quantitative estimate of drug-likeness (QED) is 0.649. The van der Waals surface area contributed by atoms with E-state index in [4.69, 9.17) is 9.84 Å². The highest BCUT2D eigenvalue weighted by atomic mass is 19.1. The zero-order valence-corrected chi connectivity index (χ0v) is 11.0. The lowest BCUT2D eigenvalue weighted by Crippen LogP contribution is -2.37. The number of nitrogens with zero attached hydrogens (tertiary/aromatic N) is 1. The number of rotatable bonds is 5. The Morgan fingerprint density at radius 1 is 1.43 bits per heavy atom. The van der Waals surface area contributed by atoms with Gasteiger partial charge in [0.25, 0.3) is 5.56 Å². The summed E-state index contributed by atoms with van der Waals surface area (Å²) in [7, 11) is 0. The third-order valence-electron chi connectivity index (χ3n) is 3.37. The number of aromatic amines is 1. The minimum absolute atomic E-state index is 0.0851. The largest absolute Gasteiger partial charge is 0.394 e. The Bertz CT molecular complexity index is 602. The molecular weight excluding hydrogens is 290 g/mol. The van der Waals surface area contributed by atoms with Crippen LogP contribution in [-0.4, -0.2) is 51.4 Å². The molecule has 1 saturated heterocycles. The lowest BCUT2D eigenvalue weighted by Gasteiger charge is -2.16. The van der Waals surface area contributed by atoms with E-state index in [1.54, 1.807) is 0 Å². The molecule has 9 heteroatoms. The first-order valence-corrected chi connectivity index (χ1v) is 6.48. The van der Waals surface area contributed by atoms with Crippen LogP contribution in [0.25, 0.3) is 0 Å². The van der Waals surface area contributed by atoms with E-state index in [2.05, 4.69) is 0 Å². The highest BCUT2D eigenvalue weighted by Gasteiger charge is 2.45. The molecule has 0 spiro atoms. The molecule has 21 heavy (non-hydrogen) atoms. The Hall–Kier alpha value is -1.58. The number of aromatic nitrogens is 2. The van der Waals surface area contributed by atoms with Gasteiger partial charge in [0.2, 0.25) is 0 Å². The zero-order chi connectivity index (χ0) is 15.6. The normalized spacial score (nSPS) is 29.0. The Labute approximate surface area is 117 Å². The number of nitrogens with one attached hydrogen (secondary N) is 1. The van der Waals surface area contributed by atoms with Crippen LogP contribution in [-0.2, 0) is 11.2 Å². The van der Waals surface area contributed by atoms with Gasteiger partial charge in [-0.3, -0.25) is 18.7 Å². The first kappa shape index (κ1) is 15.8. The van der Waals surface area contributed by atoms with E-state index in [1.807, 2.05) is 4.98 Å². The number of hydrogen-bond donors (Lipinski definition) is 3. The van der Waals surface area contributed by atoms with Crippen molar-refractivity contribution in [2.24, 2.45) is 0 Å². The van der Waals surface area contributed by atoms with Gasteiger partial charge in [-0.05, 0) is 12.8 Å². The molecule has 1 fully saturated rings. The van der Waals surface area contributed by atoms with E-state index < -0.39 is 49.1 Å².